The van der Waals surface area contributed by atoms with Crippen LogP contribution in [0.4, 0.5) is 0 Å². The fourth-order valence-corrected chi connectivity index (χ4v) is 2.75. The number of benzene rings is 2. The summed E-state index contributed by atoms with van der Waals surface area (Å²) in [6.07, 6.45) is 1.24. The number of nitrogens with zero attached hydrogens (tertiary/aromatic N) is 1. The molecule has 4 heteroatoms. The maximum absolute atomic E-state index is 12.3. The minimum atomic E-state index is 0.138. The van der Waals surface area contributed by atoms with Crippen molar-refractivity contribution in [2.24, 2.45) is 0 Å². The van der Waals surface area contributed by atoms with Crippen molar-refractivity contribution in [3.63, 3.8) is 0 Å². The summed E-state index contributed by atoms with van der Waals surface area (Å²) in [5.41, 5.74) is 2.22. The van der Waals surface area contributed by atoms with Gasteiger partial charge in [-0.2, -0.15) is 0 Å². The summed E-state index contributed by atoms with van der Waals surface area (Å²) < 4.78 is 6.26. The molecule has 2 rings (SSSR count). The van der Waals surface area contributed by atoms with E-state index < -0.39 is 0 Å². The third-order valence-corrected chi connectivity index (χ3v) is 4.32. The second kappa shape index (κ2) is 7.99. The first-order valence-electron chi connectivity index (χ1n) is 7.20. The molecule has 0 saturated heterocycles. The molecule has 116 valence electrons. The van der Waals surface area contributed by atoms with Crippen LogP contribution in [0.5, 0.6) is 5.75 Å². The van der Waals surface area contributed by atoms with E-state index in [0.29, 0.717) is 13.0 Å². The highest BCUT2D eigenvalue weighted by Gasteiger charge is 2.10. The van der Waals surface area contributed by atoms with E-state index in [1.807, 2.05) is 55.6 Å². The summed E-state index contributed by atoms with van der Waals surface area (Å²) in [5.74, 6) is 0.949. The number of hydrogen-bond donors (Lipinski definition) is 0. The van der Waals surface area contributed by atoms with Gasteiger partial charge in [-0.25, -0.2) is 0 Å². The zero-order chi connectivity index (χ0) is 15.9. The van der Waals surface area contributed by atoms with Crippen molar-refractivity contribution >= 4 is 21.8 Å². The Bertz CT molecular complexity index is 642. The van der Waals surface area contributed by atoms with Crippen LogP contribution in [0.3, 0.4) is 0 Å². The molecule has 0 radical (unpaired) electrons. The lowest BCUT2D eigenvalue weighted by Crippen LogP contribution is -2.26. The Morgan fingerprint density at radius 3 is 2.68 bits per heavy atom. The molecule has 0 aliphatic carbocycles. The highest BCUT2D eigenvalue weighted by atomic mass is 79.9. The van der Waals surface area contributed by atoms with Gasteiger partial charge >= 0.3 is 0 Å². The fourth-order valence-electron chi connectivity index (χ4n) is 2.27. The van der Waals surface area contributed by atoms with Crippen LogP contribution in [0.25, 0.3) is 0 Å². The van der Waals surface area contributed by atoms with Gasteiger partial charge in [-0.3, -0.25) is 4.79 Å². The van der Waals surface area contributed by atoms with Gasteiger partial charge in [-0.05, 0) is 35.7 Å². The number of carbonyl (C=O) groups excluding carboxylic acids is 1. The largest absolute Gasteiger partial charge is 0.497 e. The SMILES string of the molecule is COc1cccc(CN(C)C(=O)CCc2ccccc2Br)c1. The monoisotopic (exact) mass is 361 g/mol. The van der Waals surface area contributed by atoms with E-state index in [2.05, 4.69) is 15.9 Å². The summed E-state index contributed by atoms with van der Waals surface area (Å²) in [4.78, 5) is 14.0. The van der Waals surface area contributed by atoms with E-state index in [1.165, 1.54) is 0 Å². The van der Waals surface area contributed by atoms with Crippen LogP contribution in [0.1, 0.15) is 17.5 Å². The molecule has 0 atom stereocenters. The van der Waals surface area contributed by atoms with Crippen molar-refractivity contribution in [1.82, 2.24) is 4.90 Å². The van der Waals surface area contributed by atoms with Crippen molar-refractivity contribution in [3.8, 4) is 5.75 Å². The zero-order valence-electron chi connectivity index (χ0n) is 12.9. The molecule has 0 aliphatic heterocycles. The van der Waals surface area contributed by atoms with Crippen LogP contribution >= 0.6 is 15.9 Å². The van der Waals surface area contributed by atoms with Crippen LogP contribution < -0.4 is 4.74 Å². The summed E-state index contributed by atoms with van der Waals surface area (Å²) in [7, 11) is 3.48. The molecule has 22 heavy (non-hydrogen) atoms. The second-order valence-corrected chi connectivity index (χ2v) is 6.05. The first kappa shape index (κ1) is 16.6. The van der Waals surface area contributed by atoms with Crippen LogP contribution in [-0.4, -0.2) is 25.0 Å². The third kappa shape index (κ3) is 4.60. The number of ether oxygens (including phenoxy) is 1. The molecule has 0 N–H and O–H groups in total. The summed E-state index contributed by atoms with van der Waals surface area (Å²) in [6.45, 7) is 0.589. The maximum atomic E-state index is 12.3. The topological polar surface area (TPSA) is 29.5 Å². The minimum Gasteiger partial charge on any atom is -0.497 e. The number of halogens is 1. The van der Waals surface area contributed by atoms with Crippen molar-refractivity contribution in [3.05, 3.63) is 64.1 Å². The van der Waals surface area contributed by atoms with Gasteiger partial charge in [-0.15, -0.1) is 0 Å². The lowest BCUT2D eigenvalue weighted by Gasteiger charge is -2.18. The number of rotatable bonds is 6. The zero-order valence-corrected chi connectivity index (χ0v) is 14.5. The predicted octanol–water partition coefficient (Wildman–Crippen LogP) is 4.05. The van der Waals surface area contributed by atoms with E-state index >= 15 is 0 Å². The number of aryl methyl sites for hydroxylation is 1. The molecule has 0 spiro atoms. The standard InChI is InChI=1S/C18H20BrNO2/c1-20(13-14-6-5-8-16(12-14)22-2)18(21)11-10-15-7-3-4-9-17(15)19/h3-9,12H,10-11,13H2,1-2H3. The molecular formula is C18H20BrNO2. The first-order valence-corrected chi connectivity index (χ1v) is 7.99. The van der Waals surface area contributed by atoms with E-state index in [4.69, 9.17) is 4.74 Å². The molecule has 0 saturated carbocycles. The van der Waals surface area contributed by atoms with Gasteiger partial charge in [0.25, 0.3) is 0 Å². The Morgan fingerprint density at radius 2 is 1.95 bits per heavy atom. The van der Waals surface area contributed by atoms with E-state index in [9.17, 15) is 4.79 Å². The van der Waals surface area contributed by atoms with Crippen LogP contribution in [0, 0.1) is 0 Å². The molecule has 1 amide bonds. The molecule has 0 fully saturated rings. The van der Waals surface area contributed by atoms with Gasteiger partial charge in [0.1, 0.15) is 5.75 Å². The molecule has 0 aliphatic rings. The molecule has 0 unspecified atom stereocenters. The fraction of sp³-hybridized carbons (Fsp3) is 0.278. The Labute approximate surface area is 140 Å². The van der Waals surface area contributed by atoms with E-state index in [1.54, 1.807) is 12.0 Å². The average Bonchev–Trinajstić information content (AvgIpc) is 2.54. The first-order chi connectivity index (χ1) is 10.6. The highest BCUT2D eigenvalue weighted by Crippen LogP contribution is 2.18. The van der Waals surface area contributed by atoms with Gasteiger partial charge in [-0.1, -0.05) is 46.3 Å². The van der Waals surface area contributed by atoms with E-state index in [0.717, 1.165) is 27.8 Å². The Morgan fingerprint density at radius 1 is 1.18 bits per heavy atom. The smallest absolute Gasteiger partial charge is 0.222 e. The molecule has 2 aromatic rings. The second-order valence-electron chi connectivity index (χ2n) is 5.19. The van der Waals surface area contributed by atoms with Gasteiger partial charge < -0.3 is 9.64 Å². The molecule has 0 bridgehead atoms. The average molecular weight is 362 g/mol. The van der Waals surface area contributed by atoms with E-state index in [-0.39, 0.29) is 5.91 Å². The molecule has 2 aromatic carbocycles. The molecule has 0 aromatic heterocycles. The molecule has 3 nitrogen and oxygen atoms in total. The Hall–Kier alpha value is -1.81. The lowest BCUT2D eigenvalue weighted by atomic mass is 10.1. The molecular weight excluding hydrogens is 342 g/mol. The van der Waals surface area contributed by atoms with Crippen LogP contribution in [-0.2, 0) is 17.8 Å². The molecule has 0 heterocycles. The van der Waals surface area contributed by atoms with Crippen molar-refractivity contribution in [1.29, 1.82) is 0 Å². The summed E-state index contributed by atoms with van der Waals surface area (Å²) in [6, 6.07) is 15.8. The highest BCUT2D eigenvalue weighted by molar-refractivity contribution is 9.10. The van der Waals surface area contributed by atoms with Gasteiger partial charge in [0.15, 0.2) is 0 Å². The Kier molecular flexibility index (Phi) is 6.01. The minimum absolute atomic E-state index is 0.138. The van der Waals surface area contributed by atoms with Gasteiger partial charge in [0.2, 0.25) is 5.91 Å². The van der Waals surface area contributed by atoms with Crippen LogP contribution in [0.2, 0.25) is 0 Å². The van der Waals surface area contributed by atoms with Gasteiger partial charge in [0.05, 0.1) is 7.11 Å². The van der Waals surface area contributed by atoms with Crippen LogP contribution in [0.15, 0.2) is 53.0 Å². The quantitative estimate of drug-likeness (QED) is 0.776. The maximum Gasteiger partial charge on any atom is 0.222 e. The number of hydrogen-bond acceptors (Lipinski definition) is 2. The predicted molar refractivity (Wildman–Crippen MR) is 91.9 cm³/mol. The number of amides is 1. The number of carbonyl (C=O) groups is 1. The number of methoxy groups -OCH3 is 1. The van der Waals surface area contributed by atoms with Crippen molar-refractivity contribution in [2.75, 3.05) is 14.2 Å². The van der Waals surface area contributed by atoms with Crippen molar-refractivity contribution < 1.29 is 9.53 Å². The van der Waals surface area contributed by atoms with Crippen molar-refractivity contribution in [2.45, 2.75) is 19.4 Å². The Balaban J connectivity index is 1.90. The lowest BCUT2D eigenvalue weighted by molar-refractivity contribution is -0.130. The summed E-state index contributed by atoms with van der Waals surface area (Å²) >= 11 is 3.51. The van der Waals surface area contributed by atoms with Gasteiger partial charge in [0, 0.05) is 24.5 Å². The third-order valence-electron chi connectivity index (χ3n) is 3.55. The normalized spacial score (nSPS) is 10.3. The summed E-state index contributed by atoms with van der Waals surface area (Å²) in [5, 5.41) is 0.